The van der Waals surface area contributed by atoms with Crippen LogP contribution in [0.15, 0.2) is 23.1 Å². The van der Waals surface area contributed by atoms with Gasteiger partial charge in [0.15, 0.2) is 6.29 Å². The van der Waals surface area contributed by atoms with E-state index in [2.05, 4.69) is 0 Å². The second-order valence-electron chi connectivity index (χ2n) is 4.02. The van der Waals surface area contributed by atoms with E-state index >= 15 is 0 Å². The standard InChI is InChI=1S/C12H14F3NOS/c1-16(2)5-6-18-10-4-3-9(8-17)11(7-10)12(13,14)15/h3-4,7-8H,5-6H2,1-2H3. The zero-order chi connectivity index (χ0) is 13.8. The van der Waals surface area contributed by atoms with Gasteiger partial charge in [-0.15, -0.1) is 11.8 Å². The maximum atomic E-state index is 12.7. The number of nitrogens with zero attached hydrogens (tertiary/aromatic N) is 1. The number of benzene rings is 1. The molecule has 0 spiro atoms. The number of thioether (sulfide) groups is 1. The van der Waals surface area contributed by atoms with Gasteiger partial charge in [-0.1, -0.05) is 0 Å². The van der Waals surface area contributed by atoms with Crippen LogP contribution in [0.2, 0.25) is 0 Å². The summed E-state index contributed by atoms with van der Waals surface area (Å²) in [6.45, 7) is 0.779. The molecule has 1 aromatic rings. The maximum Gasteiger partial charge on any atom is 0.417 e. The van der Waals surface area contributed by atoms with Crippen molar-refractivity contribution >= 4 is 18.0 Å². The molecule has 0 N–H and O–H groups in total. The summed E-state index contributed by atoms with van der Waals surface area (Å²) >= 11 is 1.34. The van der Waals surface area contributed by atoms with E-state index in [9.17, 15) is 18.0 Å². The van der Waals surface area contributed by atoms with E-state index in [0.29, 0.717) is 10.6 Å². The van der Waals surface area contributed by atoms with Gasteiger partial charge in [0.05, 0.1) is 5.56 Å². The number of hydrogen-bond acceptors (Lipinski definition) is 3. The van der Waals surface area contributed by atoms with Crippen molar-refractivity contribution in [3.8, 4) is 0 Å². The van der Waals surface area contributed by atoms with Crippen LogP contribution in [0.25, 0.3) is 0 Å². The van der Waals surface area contributed by atoms with Gasteiger partial charge in [0.25, 0.3) is 0 Å². The minimum Gasteiger partial charge on any atom is -0.309 e. The van der Waals surface area contributed by atoms with Gasteiger partial charge in [-0.25, -0.2) is 0 Å². The van der Waals surface area contributed by atoms with Gasteiger partial charge >= 0.3 is 6.18 Å². The normalized spacial score (nSPS) is 11.9. The molecule has 0 radical (unpaired) electrons. The zero-order valence-corrected chi connectivity index (χ0v) is 10.9. The Kier molecular flexibility index (Phi) is 5.22. The van der Waals surface area contributed by atoms with Crippen LogP contribution in [-0.4, -0.2) is 37.6 Å². The van der Waals surface area contributed by atoms with E-state index in [1.807, 2.05) is 19.0 Å². The van der Waals surface area contributed by atoms with E-state index in [1.165, 1.54) is 17.8 Å². The minimum atomic E-state index is -4.49. The third-order valence-electron chi connectivity index (χ3n) is 2.26. The first-order valence-electron chi connectivity index (χ1n) is 5.28. The molecule has 0 heterocycles. The van der Waals surface area contributed by atoms with Crippen LogP contribution in [-0.2, 0) is 6.18 Å². The van der Waals surface area contributed by atoms with Crippen LogP contribution in [0.4, 0.5) is 13.2 Å². The lowest BCUT2D eigenvalue weighted by Crippen LogP contribution is -2.14. The molecule has 0 atom stereocenters. The van der Waals surface area contributed by atoms with Crippen molar-refractivity contribution < 1.29 is 18.0 Å². The van der Waals surface area contributed by atoms with Crippen molar-refractivity contribution in [3.05, 3.63) is 29.3 Å². The minimum absolute atomic E-state index is 0.233. The zero-order valence-electron chi connectivity index (χ0n) is 10.1. The molecule has 0 aliphatic rings. The molecule has 1 rings (SSSR count). The van der Waals surface area contributed by atoms with Crippen molar-refractivity contribution in [1.82, 2.24) is 4.90 Å². The number of carbonyl (C=O) groups excluding carboxylic acids is 1. The molecule has 0 aliphatic heterocycles. The summed E-state index contributed by atoms with van der Waals surface area (Å²) in [5, 5.41) is 0. The van der Waals surface area contributed by atoms with E-state index in [4.69, 9.17) is 0 Å². The van der Waals surface area contributed by atoms with Gasteiger partial charge < -0.3 is 4.90 Å². The molecule has 0 unspecified atom stereocenters. The molecular weight excluding hydrogens is 263 g/mol. The summed E-state index contributed by atoms with van der Waals surface area (Å²) in [5.41, 5.74) is -1.19. The predicted molar refractivity (Wildman–Crippen MR) is 66.1 cm³/mol. The van der Waals surface area contributed by atoms with E-state index in [1.54, 1.807) is 6.07 Å². The number of aldehydes is 1. The largest absolute Gasteiger partial charge is 0.417 e. The monoisotopic (exact) mass is 277 g/mol. The number of halogens is 3. The second kappa shape index (κ2) is 6.24. The van der Waals surface area contributed by atoms with Crippen LogP contribution in [0.1, 0.15) is 15.9 Å². The molecule has 0 aliphatic carbocycles. The molecule has 0 fully saturated rings. The lowest BCUT2D eigenvalue weighted by atomic mass is 10.1. The molecule has 0 bridgehead atoms. The highest BCUT2D eigenvalue weighted by Crippen LogP contribution is 2.34. The SMILES string of the molecule is CN(C)CCSc1ccc(C=O)c(C(F)(F)F)c1. The van der Waals surface area contributed by atoms with Crippen LogP contribution in [0.5, 0.6) is 0 Å². The average Bonchev–Trinajstić information content (AvgIpc) is 2.27. The highest BCUT2D eigenvalue weighted by atomic mass is 32.2. The Morgan fingerprint density at radius 3 is 2.50 bits per heavy atom. The van der Waals surface area contributed by atoms with Crippen LogP contribution < -0.4 is 0 Å². The highest BCUT2D eigenvalue weighted by molar-refractivity contribution is 7.99. The van der Waals surface area contributed by atoms with Crippen molar-refractivity contribution in [2.75, 3.05) is 26.4 Å². The Morgan fingerprint density at radius 1 is 1.33 bits per heavy atom. The Morgan fingerprint density at radius 2 is 2.00 bits per heavy atom. The summed E-state index contributed by atoms with van der Waals surface area (Å²) < 4.78 is 38.1. The molecule has 0 saturated carbocycles. The summed E-state index contributed by atoms with van der Waals surface area (Å²) in [6, 6.07) is 3.79. The maximum absolute atomic E-state index is 12.7. The lowest BCUT2D eigenvalue weighted by molar-refractivity contribution is -0.138. The van der Waals surface area contributed by atoms with E-state index in [0.717, 1.165) is 12.6 Å². The van der Waals surface area contributed by atoms with Crippen molar-refractivity contribution in [1.29, 1.82) is 0 Å². The summed E-state index contributed by atoms with van der Waals surface area (Å²) in [5.74, 6) is 0.699. The summed E-state index contributed by atoms with van der Waals surface area (Å²) in [4.78, 5) is 13.1. The number of carbonyl (C=O) groups is 1. The molecular formula is C12H14F3NOS. The molecule has 0 saturated heterocycles. The van der Waals surface area contributed by atoms with Gasteiger partial charge in [-0.2, -0.15) is 13.2 Å². The summed E-state index contributed by atoms with van der Waals surface area (Å²) in [7, 11) is 3.80. The third-order valence-corrected chi connectivity index (χ3v) is 3.24. The van der Waals surface area contributed by atoms with Gasteiger partial charge in [-0.3, -0.25) is 4.79 Å². The number of rotatable bonds is 5. The Labute approximate surface area is 108 Å². The number of alkyl halides is 3. The average molecular weight is 277 g/mol. The smallest absolute Gasteiger partial charge is 0.309 e. The Hall–Kier alpha value is -1.01. The van der Waals surface area contributed by atoms with Gasteiger partial charge in [0.2, 0.25) is 0 Å². The lowest BCUT2D eigenvalue weighted by Gasteiger charge is -2.12. The first-order valence-corrected chi connectivity index (χ1v) is 6.27. The fraction of sp³-hybridized carbons (Fsp3) is 0.417. The van der Waals surface area contributed by atoms with E-state index in [-0.39, 0.29) is 11.8 Å². The predicted octanol–water partition coefficient (Wildman–Crippen LogP) is 3.17. The first-order chi connectivity index (χ1) is 8.34. The van der Waals surface area contributed by atoms with Crippen LogP contribution >= 0.6 is 11.8 Å². The fourth-order valence-electron chi connectivity index (χ4n) is 1.32. The molecule has 100 valence electrons. The van der Waals surface area contributed by atoms with E-state index < -0.39 is 11.7 Å². The third kappa shape index (κ3) is 4.34. The highest BCUT2D eigenvalue weighted by Gasteiger charge is 2.33. The summed E-state index contributed by atoms with van der Waals surface area (Å²) in [6.07, 6.45) is -4.26. The fourth-order valence-corrected chi connectivity index (χ4v) is 2.38. The Bertz CT molecular complexity index is 418. The topological polar surface area (TPSA) is 20.3 Å². The molecule has 0 amide bonds. The van der Waals surface area contributed by atoms with Crippen molar-refractivity contribution in [2.45, 2.75) is 11.1 Å². The van der Waals surface area contributed by atoms with Gasteiger partial charge in [0.1, 0.15) is 0 Å². The van der Waals surface area contributed by atoms with Crippen molar-refractivity contribution in [2.24, 2.45) is 0 Å². The quantitative estimate of drug-likeness (QED) is 0.609. The molecule has 0 aromatic heterocycles. The molecule has 6 heteroatoms. The Balaban J connectivity index is 2.86. The van der Waals surface area contributed by atoms with Crippen LogP contribution in [0.3, 0.4) is 0 Å². The first kappa shape index (κ1) is 15.0. The molecule has 18 heavy (non-hydrogen) atoms. The van der Waals surface area contributed by atoms with Gasteiger partial charge in [0, 0.05) is 22.8 Å². The van der Waals surface area contributed by atoms with Crippen molar-refractivity contribution in [3.63, 3.8) is 0 Å². The number of hydrogen-bond donors (Lipinski definition) is 0. The second-order valence-corrected chi connectivity index (χ2v) is 5.18. The van der Waals surface area contributed by atoms with Gasteiger partial charge in [-0.05, 0) is 32.3 Å². The molecule has 1 aromatic carbocycles. The van der Waals surface area contributed by atoms with Crippen LogP contribution in [0, 0.1) is 0 Å². The molecule has 2 nitrogen and oxygen atoms in total.